The lowest BCUT2D eigenvalue weighted by atomic mass is 10.0. The molecule has 0 atom stereocenters. The number of carbonyl (C=O) groups excluding carboxylic acids is 2. The zero-order chi connectivity index (χ0) is 17.8. The van der Waals surface area contributed by atoms with Crippen LogP contribution in [0.25, 0.3) is 0 Å². The van der Waals surface area contributed by atoms with Crippen LogP contribution in [0.3, 0.4) is 0 Å². The highest BCUT2D eigenvalue weighted by Gasteiger charge is 2.26. The molecule has 2 N–H and O–H groups in total. The Morgan fingerprint density at radius 3 is 2.52 bits per heavy atom. The smallest absolute Gasteiger partial charge is 0.271 e. The topological polar surface area (TPSA) is 95.2 Å². The predicted octanol–water partition coefficient (Wildman–Crippen LogP) is 0.944. The number of benzene rings is 1. The van der Waals surface area contributed by atoms with Crippen LogP contribution in [0.4, 0.5) is 4.39 Å². The van der Waals surface area contributed by atoms with Gasteiger partial charge in [-0.25, -0.2) is 9.49 Å². The minimum absolute atomic E-state index is 0.0578. The first-order valence-electron chi connectivity index (χ1n) is 7.95. The van der Waals surface area contributed by atoms with Gasteiger partial charge in [0.15, 0.2) is 0 Å². The Hall–Kier alpha value is -3.03. The predicted molar refractivity (Wildman–Crippen MR) is 87.6 cm³/mol. The fourth-order valence-corrected chi connectivity index (χ4v) is 2.76. The molecule has 0 spiro atoms. The molecule has 3 rings (SSSR count). The second-order valence-electron chi connectivity index (χ2n) is 5.83. The fraction of sp³-hybridized carbons (Fsp3) is 0.294. The normalized spacial score (nSPS) is 15.0. The van der Waals surface area contributed by atoms with E-state index in [4.69, 9.17) is 0 Å². The molecule has 8 heteroatoms. The van der Waals surface area contributed by atoms with E-state index in [1.54, 1.807) is 17.0 Å². The molecule has 0 bridgehead atoms. The maximum Gasteiger partial charge on any atom is 0.271 e. The highest BCUT2D eigenvalue weighted by molar-refractivity contribution is 5.94. The van der Waals surface area contributed by atoms with Crippen LogP contribution in [0.2, 0.25) is 0 Å². The van der Waals surface area contributed by atoms with Crippen LogP contribution in [-0.2, 0) is 0 Å². The summed E-state index contributed by atoms with van der Waals surface area (Å²) in [6.07, 6.45) is 1.13. The molecule has 7 nitrogen and oxygen atoms in total. The van der Waals surface area contributed by atoms with Crippen LogP contribution in [0.5, 0.6) is 0 Å². The molecule has 1 aromatic heterocycles. The van der Waals surface area contributed by atoms with E-state index in [9.17, 15) is 18.8 Å². The Morgan fingerprint density at radius 2 is 1.88 bits per heavy atom. The van der Waals surface area contributed by atoms with Crippen LogP contribution in [-0.4, -0.2) is 46.0 Å². The van der Waals surface area contributed by atoms with Crippen molar-refractivity contribution in [2.45, 2.75) is 18.9 Å². The molecule has 25 heavy (non-hydrogen) atoms. The molecule has 1 aliphatic heterocycles. The lowest BCUT2D eigenvalue weighted by molar-refractivity contribution is 0.0693. The van der Waals surface area contributed by atoms with Gasteiger partial charge < -0.3 is 10.2 Å². The van der Waals surface area contributed by atoms with Gasteiger partial charge in [-0.3, -0.25) is 14.4 Å². The third-order valence-corrected chi connectivity index (χ3v) is 4.13. The molecule has 1 fully saturated rings. The summed E-state index contributed by atoms with van der Waals surface area (Å²) in [6.45, 7) is 0.855. The zero-order valence-corrected chi connectivity index (χ0v) is 13.4. The van der Waals surface area contributed by atoms with Gasteiger partial charge in [0.05, 0.1) is 5.56 Å². The Kier molecular flexibility index (Phi) is 4.87. The Bertz CT molecular complexity index is 823. The number of likely N-dealkylation sites (tertiary alicyclic amines) is 1. The molecule has 1 aromatic carbocycles. The minimum atomic E-state index is -0.535. The van der Waals surface area contributed by atoms with Crippen molar-refractivity contribution in [1.29, 1.82) is 0 Å². The summed E-state index contributed by atoms with van der Waals surface area (Å²) in [5.41, 5.74) is -0.191. The molecule has 2 aromatic rings. The summed E-state index contributed by atoms with van der Waals surface area (Å²) in [6, 6.07) is 8.37. The maximum absolute atomic E-state index is 13.7. The summed E-state index contributed by atoms with van der Waals surface area (Å²) in [5, 5.41) is 8.72. The number of piperidine rings is 1. The summed E-state index contributed by atoms with van der Waals surface area (Å²) in [4.78, 5) is 37.0. The van der Waals surface area contributed by atoms with Gasteiger partial charge in [0, 0.05) is 25.2 Å². The first-order chi connectivity index (χ1) is 12.0. The summed E-state index contributed by atoms with van der Waals surface area (Å²) in [7, 11) is 0. The van der Waals surface area contributed by atoms with Crippen LogP contribution in [0.1, 0.15) is 33.7 Å². The zero-order valence-electron chi connectivity index (χ0n) is 13.4. The van der Waals surface area contributed by atoms with Gasteiger partial charge in [-0.15, -0.1) is 0 Å². The van der Waals surface area contributed by atoms with E-state index in [1.807, 2.05) is 0 Å². The number of hydrogen-bond acceptors (Lipinski definition) is 4. The van der Waals surface area contributed by atoms with Crippen molar-refractivity contribution in [1.82, 2.24) is 20.4 Å². The number of halogens is 1. The number of hydrogen-bond donors (Lipinski definition) is 2. The van der Waals surface area contributed by atoms with Crippen molar-refractivity contribution in [3.8, 4) is 0 Å². The molecular weight excluding hydrogens is 327 g/mol. The molecule has 2 amide bonds. The summed E-state index contributed by atoms with van der Waals surface area (Å²) < 4.78 is 13.7. The quantitative estimate of drug-likeness (QED) is 0.866. The van der Waals surface area contributed by atoms with Crippen molar-refractivity contribution in [2.75, 3.05) is 13.1 Å². The number of carbonyl (C=O) groups is 2. The molecule has 2 heterocycles. The van der Waals surface area contributed by atoms with Gasteiger partial charge in [-0.05, 0) is 31.0 Å². The second-order valence-corrected chi connectivity index (χ2v) is 5.83. The molecule has 0 radical (unpaired) electrons. The standard InChI is InChI=1S/C17H17FN4O3/c18-13-4-2-1-3-12(13)17(25)22-9-7-11(8-10-22)19-16(24)14-5-6-15(23)21-20-14/h1-6,11H,7-10H2,(H,19,24)(H,21,23). The van der Waals surface area contributed by atoms with Crippen molar-refractivity contribution in [3.05, 3.63) is 63.8 Å². The third-order valence-electron chi connectivity index (χ3n) is 4.13. The fourth-order valence-electron chi connectivity index (χ4n) is 2.76. The third kappa shape index (κ3) is 3.90. The molecule has 1 saturated heterocycles. The Labute approximate surface area is 142 Å². The maximum atomic E-state index is 13.7. The molecule has 130 valence electrons. The van der Waals surface area contributed by atoms with Gasteiger partial charge >= 0.3 is 0 Å². The minimum Gasteiger partial charge on any atom is -0.348 e. The van der Waals surface area contributed by atoms with Gasteiger partial charge in [-0.1, -0.05) is 12.1 Å². The van der Waals surface area contributed by atoms with E-state index < -0.39 is 5.82 Å². The number of nitrogens with one attached hydrogen (secondary N) is 2. The largest absolute Gasteiger partial charge is 0.348 e. The van der Waals surface area contributed by atoms with Crippen LogP contribution < -0.4 is 10.9 Å². The Morgan fingerprint density at radius 1 is 1.16 bits per heavy atom. The monoisotopic (exact) mass is 344 g/mol. The number of rotatable bonds is 3. The van der Waals surface area contributed by atoms with E-state index in [0.717, 1.165) is 0 Å². The number of nitrogens with zero attached hydrogens (tertiary/aromatic N) is 2. The van der Waals surface area contributed by atoms with Crippen LogP contribution in [0, 0.1) is 5.82 Å². The molecule has 0 unspecified atom stereocenters. The average Bonchev–Trinajstić information content (AvgIpc) is 2.63. The highest BCUT2D eigenvalue weighted by atomic mass is 19.1. The van der Waals surface area contributed by atoms with Crippen molar-refractivity contribution in [3.63, 3.8) is 0 Å². The first kappa shape index (κ1) is 16.8. The molecule has 0 saturated carbocycles. The number of amides is 2. The molecular formula is C17H17FN4O3. The van der Waals surface area contributed by atoms with Gasteiger partial charge in [-0.2, -0.15) is 5.10 Å². The Balaban J connectivity index is 1.56. The average molecular weight is 344 g/mol. The van der Waals surface area contributed by atoms with Crippen molar-refractivity contribution >= 4 is 11.8 Å². The number of aromatic nitrogens is 2. The summed E-state index contributed by atoms with van der Waals surface area (Å²) in [5.74, 6) is -1.26. The summed E-state index contributed by atoms with van der Waals surface area (Å²) >= 11 is 0. The van der Waals surface area contributed by atoms with Crippen molar-refractivity contribution < 1.29 is 14.0 Å². The molecule has 1 aliphatic rings. The first-order valence-corrected chi connectivity index (χ1v) is 7.95. The lowest BCUT2D eigenvalue weighted by Gasteiger charge is -2.32. The second kappa shape index (κ2) is 7.25. The van der Waals surface area contributed by atoms with Gasteiger partial charge in [0.2, 0.25) is 0 Å². The van der Waals surface area contributed by atoms with Crippen LogP contribution >= 0.6 is 0 Å². The number of H-pyrrole nitrogens is 1. The van der Waals surface area contributed by atoms with E-state index in [-0.39, 0.29) is 34.7 Å². The highest BCUT2D eigenvalue weighted by Crippen LogP contribution is 2.16. The van der Waals surface area contributed by atoms with E-state index in [2.05, 4.69) is 15.5 Å². The SMILES string of the molecule is O=C(NC1CCN(C(=O)c2ccccc2F)CC1)c1ccc(=O)[nH]n1. The van der Waals surface area contributed by atoms with Crippen LogP contribution in [0.15, 0.2) is 41.2 Å². The van der Waals surface area contributed by atoms with Gasteiger partial charge in [0.1, 0.15) is 11.5 Å². The van der Waals surface area contributed by atoms with Crippen molar-refractivity contribution in [2.24, 2.45) is 0 Å². The number of aromatic amines is 1. The van der Waals surface area contributed by atoms with E-state index >= 15 is 0 Å². The van der Waals surface area contributed by atoms with Gasteiger partial charge in [0.25, 0.3) is 17.4 Å². The lowest BCUT2D eigenvalue weighted by Crippen LogP contribution is -2.46. The van der Waals surface area contributed by atoms with E-state index in [1.165, 1.54) is 24.3 Å². The van der Waals surface area contributed by atoms with E-state index in [0.29, 0.717) is 25.9 Å². The molecule has 0 aliphatic carbocycles.